The monoisotopic (exact) mass is 317 g/mol. The van der Waals surface area contributed by atoms with E-state index in [0.29, 0.717) is 25.9 Å². The van der Waals surface area contributed by atoms with Gasteiger partial charge >= 0.3 is 5.97 Å². The topological polar surface area (TPSA) is 91.7 Å². The van der Waals surface area contributed by atoms with Crippen molar-refractivity contribution in [2.24, 2.45) is 5.41 Å². The van der Waals surface area contributed by atoms with Crippen LogP contribution in [0.5, 0.6) is 0 Å². The lowest BCUT2D eigenvalue weighted by Gasteiger charge is -2.21. The number of nitrogens with zero attached hydrogens (tertiary/aromatic N) is 1. The summed E-state index contributed by atoms with van der Waals surface area (Å²) in [4.78, 5) is 24.5. The van der Waals surface area contributed by atoms with Gasteiger partial charge in [-0.25, -0.2) is 8.42 Å². The Kier molecular flexibility index (Phi) is 4.91. The van der Waals surface area contributed by atoms with Crippen molar-refractivity contribution in [3.05, 3.63) is 0 Å². The minimum absolute atomic E-state index is 0.121. The highest BCUT2D eigenvalue weighted by atomic mass is 32.2. The minimum atomic E-state index is -3.54. The number of likely N-dealkylation sites (tertiary alicyclic amines) is 1. The van der Waals surface area contributed by atoms with Gasteiger partial charge in [-0.3, -0.25) is 9.59 Å². The molecule has 0 aromatic heterocycles. The van der Waals surface area contributed by atoms with Crippen LogP contribution < -0.4 is 0 Å². The quantitative estimate of drug-likeness (QED) is 0.791. The smallest absolute Gasteiger partial charge is 0.303 e. The number of amides is 1. The van der Waals surface area contributed by atoms with E-state index < -0.39 is 27.0 Å². The molecule has 0 spiro atoms. The average Bonchev–Trinajstić information content (AvgIpc) is 3.10. The Morgan fingerprint density at radius 1 is 1.05 bits per heavy atom. The van der Waals surface area contributed by atoms with Gasteiger partial charge in [0.05, 0.1) is 12.2 Å². The summed E-state index contributed by atoms with van der Waals surface area (Å²) in [6, 6.07) is 0. The number of hydrogen-bond donors (Lipinski definition) is 1. The second-order valence-corrected chi connectivity index (χ2v) is 8.46. The first-order valence-electron chi connectivity index (χ1n) is 7.52. The summed E-state index contributed by atoms with van der Waals surface area (Å²) in [5.74, 6) is -1.95. The molecule has 1 amide bonds. The number of rotatable bonds is 6. The van der Waals surface area contributed by atoms with Crippen molar-refractivity contribution >= 4 is 21.7 Å². The molecule has 0 radical (unpaired) electrons. The van der Waals surface area contributed by atoms with Gasteiger partial charge in [-0.1, -0.05) is 12.8 Å². The fourth-order valence-electron chi connectivity index (χ4n) is 2.99. The molecule has 2 fully saturated rings. The third-order valence-electron chi connectivity index (χ3n) is 4.31. The lowest BCUT2D eigenvalue weighted by atomic mass is 10.1. The molecule has 1 N–H and O–H groups in total. The highest BCUT2D eigenvalue weighted by molar-refractivity contribution is 7.92. The molecule has 2 rings (SSSR count). The third-order valence-corrected chi connectivity index (χ3v) is 6.05. The van der Waals surface area contributed by atoms with Crippen LogP contribution in [-0.4, -0.2) is 54.9 Å². The van der Waals surface area contributed by atoms with Crippen LogP contribution in [-0.2, 0) is 19.4 Å². The predicted molar refractivity (Wildman–Crippen MR) is 77.6 cm³/mol. The summed E-state index contributed by atoms with van der Waals surface area (Å²) >= 11 is 0. The molecular formula is C14H23NO5S. The van der Waals surface area contributed by atoms with Gasteiger partial charge in [0.1, 0.15) is 5.75 Å². The fraction of sp³-hybridized carbons (Fsp3) is 0.857. The summed E-state index contributed by atoms with van der Waals surface area (Å²) in [5.41, 5.74) is -0.621. The van der Waals surface area contributed by atoms with Crippen molar-refractivity contribution < 1.29 is 23.1 Å². The van der Waals surface area contributed by atoms with Crippen LogP contribution in [0.15, 0.2) is 0 Å². The normalized spacial score (nSPS) is 21.6. The zero-order valence-corrected chi connectivity index (χ0v) is 13.0. The molecule has 1 saturated carbocycles. The molecule has 1 aliphatic heterocycles. The second kappa shape index (κ2) is 6.34. The van der Waals surface area contributed by atoms with E-state index in [0.717, 1.165) is 25.7 Å². The number of carbonyl (C=O) groups is 2. The molecule has 1 saturated heterocycles. The van der Waals surface area contributed by atoms with Crippen LogP contribution >= 0.6 is 0 Å². The molecule has 120 valence electrons. The Morgan fingerprint density at radius 3 is 2.10 bits per heavy atom. The van der Waals surface area contributed by atoms with Gasteiger partial charge in [0, 0.05) is 13.1 Å². The van der Waals surface area contributed by atoms with Gasteiger partial charge in [-0.15, -0.1) is 0 Å². The first-order chi connectivity index (χ1) is 9.82. The summed E-state index contributed by atoms with van der Waals surface area (Å²) in [6.45, 7) is 1.27. The lowest BCUT2D eigenvalue weighted by molar-refractivity contribution is -0.138. The Labute approximate surface area is 125 Å². The summed E-state index contributed by atoms with van der Waals surface area (Å²) < 4.78 is 24.3. The van der Waals surface area contributed by atoms with Gasteiger partial charge in [0.2, 0.25) is 5.91 Å². The Balaban J connectivity index is 1.91. The highest BCUT2D eigenvalue weighted by Gasteiger charge is 2.48. The van der Waals surface area contributed by atoms with E-state index in [1.807, 2.05) is 0 Å². The van der Waals surface area contributed by atoms with Gasteiger partial charge < -0.3 is 10.0 Å². The second-order valence-electron chi connectivity index (χ2n) is 6.40. The van der Waals surface area contributed by atoms with E-state index in [-0.39, 0.29) is 18.1 Å². The molecule has 0 aromatic rings. The molecular weight excluding hydrogens is 294 g/mol. The maximum absolute atomic E-state index is 12.2. The van der Waals surface area contributed by atoms with Crippen molar-refractivity contribution in [2.45, 2.75) is 44.9 Å². The molecule has 6 nitrogen and oxygen atoms in total. The molecule has 0 aromatic carbocycles. The van der Waals surface area contributed by atoms with Crippen molar-refractivity contribution in [3.63, 3.8) is 0 Å². The zero-order chi connectivity index (χ0) is 15.5. The van der Waals surface area contributed by atoms with Crippen LogP contribution in [0.25, 0.3) is 0 Å². The Morgan fingerprint density at radius 2 is 1.62 bits per heavy atom. The summed E-state index contributed by atoms with van der Waals surface area (Å²) in [5, 5.41) is 8.83. The van der Waals surface area contributed by atoms with Gasteiger partial charge in [-0.05, 0) is 31.1 Å². The van der Waals surface area contributed by atoms with E-state index in [9.17, 15) is 18.0 Å². The molecule has 0 bridgehead atoms. The van der Waals surface area contributed by atoms with E-state index in [1.54, 1.807) is 4.90 Å². The standard InChI is InChI=1S/C14H23NO5S/c16-12(15-7-3-1-2-4-8-15)10-21(19,20)11-14(5-6-14)9-13(17)18/h1-11H2,(H,17,18). The number of sulfone groups is 1. The zero-order valence-electron chi connectivity index (χ0n) is 12.2. The first-order valence-corrected chi connectivity index (χ1v) is 9.34. The Bertz CT molecular complexity index is 501. The van der Waals surface area contributed by atoms with Gasteiger partial charge in [0.15, 0.2) is 9.84 Å². The van der Waals surface area contributed by atoms with E-state index >= 15 is 0 Å². The van der Waals surface area contributed by atoms with Crippen molar-refractivity contribution in [1.82, 2.24) is 4.90 Å². The summed E-state index contributed by atoms with van der Waals surface area (Å²) in [7, 11) is -3.54. The van der Waals surface area contributed by atoms with Crippen molar-refractivity contribution in [3.8, 4) is 0 Å². The third kappa shape index (κ3) is 4.98. The van der Waals surface area contributed by atoms with Crippen LogP contribution in [0.3, 0.4) is 0 Å². The van der Waals surface area contributed by atoms with E-state index in [1.165, 1.54) is 0 Å². The molecule has 2 aliphatic rings. The van der Waals surface area contributed by atoms with Crippen molar-refractivity contribution in [2.75, 3.05) is 24.6 Å². The number of hydrogen-bond acceptors (Lipinski definition) is 4. The summed E-state index contributed by atoms with van der Waals surface area (Å²) in [6.07, 6.45) is 5.14. The molecule has 1 heterocycles. The maximum Gasteiger partial charge on any atom is 0.303 e. The minimum Gasteiger partial charge on any atom is -0.481 e. The molecule has 0 atom stereocenters. The van der Waals surface area contributed by atoms with E-state index in [2.05, 4.69) is 0 Å². The largest absolute Gasteiger partial charge is 0.481 e. The Hall–Kier alpha value is -1.11. The van der Waals surface area contributed by atoms with Crippen LogP contribution in [0.4, 0.5) is 0 Å². The van der Waals surface area contributed by atoms with Crippen molar-refractivity contribution in [1.29, 1.82) is 0 Å². The van der Waals surface area contributed by atoms with E-state index in [4.69, 9.17) is 5.11 Å². The van der Waals surface area contributed by atoms with Crippen LogP contribution in [0.2, 0.25) is 0 Å². The predicted octanol–water partition coefficient (Wildman–Crippen LogP) is 1.06. The molecule has 21 heavy (non-hydrogen) atoms. The number of carbonyl (C=O) groups excluding carboxylic acids is 1. The van der Waals surface area contributed by atoms with Crippen LogP contribution in [0, 0.1) is 5.41 Å². The fourth-order valence-corrected chi connectivity index (χ4v) is 4.97. The average molecular weight is 317 g/mol. The first kappa shape index (κ1) is 16.3. The molecule has 0 unspecified atom stereocenters. The number of carboxylic acids is 1. The molecule has 7 heteroatoms. The lowest BCUT2D eigenvalue weighted by Crippen LogP contribution is -2.38. The highest BCUT2D eigenvalue weighted by Crippen LogP contribution is 2.49. The van der Waals surface area contributed by atoms with Gasteiger partial charge in [0.25, 0.3) is 0 Å². The SMILES string of the molecule is O=C(O)CC1(CS(=O)(=O)CC(=O)N2CCCCCC2)CC1. The number of carboxylic acid groups (broad SMARTS) is 1. The van der Waals surface area contributed by atoms with Gasteiger partial charge in [-0.2, -0.15) is 0 Å². The molecule has 1 aliphatic carbocycles. The number of aliphatic carboxylic acids is 1. The maximum atomic E-state index is 12.2. The van der Waals surface area contributed by atoms with Crippen LogP contribution in [0.1, 0.15) is 44.9 Å².